The number of aryl methyl sites for hydroxylation is 1. The van der Waals surface area contributed by atoms with Gasteiger partial charge in [-0.1, -0.05) is 35.3 Å². The third kappa shape index (κ3) is 2.68. The normalized spacial score (nSPS) is 11.4. The predicted molar refractivity (Wildman–Crippen MR) is 65.4 cm³/mol. The molecule has 0 saturated carbocycles. The molecule has 3 nitrogen and oxygen atoms in total. The molecule has 0 radical (unpaired) electrons. The zero-order valence-electron chi connectivity index (χ0n) is 8.88. The molecule has 0 saturated heterocycles. The number of hydrogen-bond donors (Lipinski definition) is 1. The molecule has 0 amide bonds. The number of nitrogens with two attached hydrogens (primary N) is 1. The minimum atomic E-state index is -0.604. The van der Waals surface area contributed by atoms with Gasteiger partial charge < -0.3 is 10.5 Å². The molecule has 86 valence electrons. The standard InChI is InChI=1S/C11H11Cl2NO2/c1-6-3-4-7(10(13)9(6)12)5-8(14)11(15)16-2/h3-5H,14H2,1-2H3/b8-5-. The van der Waals surface area contributed by atoms with Crippen molar-refractivity contribution >= 4 is 35.2 Å². The molecule has 0 unspecified atom stereocenters. The maximum absolute atomic E-state index is 11.1. The molecular formula is C11H11Cl2NO2. The van der Waals surface area contributed by atoms with Gasteiger partial charge in [0.15, 0.2) is 0 Å². The minimum Gasteiger partial charge on any atom is -0.464 e. The molecule has 0 heterocycles. The molecule has 2 N–H and O–H groups in total. The molecule has 0 aliphatic carbocycles. The van der Waals surface area contributed by atoms with Crippen LogP contribution < -0.4 is 5.73 Å². The van der Waals surface area contributed by atoms with E-state index in [0.29, 0.717) is 15.6 Å². The van der Waals surface area contributed by atoms with Crippen molar-refractivity contribution < 1.29 is 9.53 Å². The molecule has 1 rings (SSSR count). The van der Waals surface area contributed by atoms with Crippen molar-refractivity contribution in [2.45, 2.75) is 6.92 Å². The maximum Gasteiger partial charge on any atom is 0.353 e. The van der Waals surface area contributed by atoms with E-state index in [1.54, 1.807) is 12.1 Å². The lowest BCUT2D eigenvalue weighted by Gasteiger charge is -2.05. The van der Waals surface area contributed by atoms with E-state index >= 15 is 0 Å². The average Bonchev–Trinajstić information content (AvgIpc) is 2.28. The van der Waals surface area contributed by atoms with E-state index in [9.17, 15) is 4.79 Å². The molecule has 0 aliphatic heterocycles. The quantitative estimate of drug-likeness (QED) is 0.657. The van der Waals surface area contributed by atoms with Crippen molar-refractivity contribution in [2.75, 3.05) is 7.11 Å². The van der Waals surface area contributed by atoms with E-state index in [1.165, 1.54) is 13.2 Å². The van der Waals surface area contributed by atoms with E-state index in [2.05, 4.69) is 4.74 Å². The van der Waals surface area contributed by atoms with Crippen LogP contribution in [0.2, 0.25) is 10.0 Å². The van der Waals surface area contributed by atoms with Crippen LogP contribution in [0.15, 0.2) is 17.8 Å². The SMILES string of the molecule is COC(=O)/C(N)=C/c1ccc(C)c(Cl)c1Cl. The second-order valence-corrected chi connectivity index (χ2v) is 3.95. The number of rotatable bonds is 2. The van der Waals surface area contributed by atoms with Crippen molar-refractivity contribution in [2.24, 2.45) is 5.73 Å². The van der Waals surface area contributed by atoms with Gasteiger partial charge in [0.05, 0.1) is 17.2 Å². The maximum atomic E-state index is 11.1. The van der Waals surface area contributed by atoms with Crippen LogP contribution in [-0.4, -0.2) is 13.1 Å². The first kappa shape index (κ1) is 12.9. The minimum absolute atomic E-state index is 0.0238. The highest BCUT2D eigenvalue weighted by Gasteiger charge is 2.09. The predicted octanol–water partition coefficient (Wildman–Crippen LogP) is 2.77. The van der Waals surface area contributed by atoms with Crippen LogP contribution in [0.3, 0.4) is 0 Å². The van der Waals surface area contributed by atoms with Crippen molar-refractivity contribution in [3.8, 4) is 0 Å². The summed E-state index contributed by atoms with van der Waals surface area (Å²) in [4.78, 5) is 11.1. The summed E-state index contributed by atoms with van der Waals surface area (Å²) in [6.07, 6.45) is 1.43. The highest BCUT2D eigenvalue weighted by molar-refractivity contribution is 6.43. The van der Waals surface area contributed by atoms with E-state index in [0.717, 1.165) is 5.56 Å². The number of halogens is 2. The van der Waals surface area contributed by atoms with Gasteiger partial charge in [-0.25, -0.2) is 4.79 Å². The Morgan fingerprint density at radius 2 is 2.00 bits per heavy atom. The van der Waals surface area contributed by atoms with Gasteiger partial charge in [-0.3, -0.25) is 0 Å². The monoisotopic (exact) mass is 259 g/mol. The molecule has 0 fully saturated rings. The van der Waals surface area contributed by atoms with Crippen LogP contribution in [0, 0.1) is 6.92 Å². The number of esters is 1. The van der Waals surface area contributed by atoms with Crippen LogP contribution >= 0.6 is 23.2 Å². The number of benzene rings is 1. The Labute approximate surface area is 104 Å². The zero-order valence-corrected chi connectivity index (χ0v) is 10.4. The summed E-state index contributed by atoms with van der Waals surface area (Å²) >= 11 is 12.0. The van der Waals surface area contributed by atoms with Gasteiger partial charge in [0.25, 0.3) is 0 Å². The first-order valence-corrected chi connectivity index (χ1v) is 5.23. The van der Waals surface area contributed by atoms with Crippen molar-refractivity contribution in [1.29, 1.82) is 0 Å². The first-order valence-electron chi connectivity index (χ1n) is 4.47. The molecule has 0 aromatic heterocycles. The summed E-state index contributed by atoms with van der Waals surface area (Å²) in [6, 6.07) is 3.53. The lowest BCUT2D eigenvalue weighted by Crippen LogP contribution is -2.12. The van der Waals surface area contributed by atoms with Crippen LogP contribution in [0.5, 0.6) is 0 Å². The molecule has 0 aliphatic rings. The lowest BCUT2D eigenvalue weighted by molar-refractivity contribution is -0.136. The topological polar surface area (TPSA) is 52.3 Å². The van der Waals surface area contributed by atoms with Gasteiger partial charge in [-0.05, 0) is 24.1 Å². The highest BCUT2D eigenvalue weighted by atomic mass is 35.5. The smallest absolute Gasteiger partial charge is 0.353 e. The van der Waals surface area contributed by atoms with Crippen molar-refractivity contribution in [3.63, 3.8) is 0 Å². The van der Waals surface area contributed by atoms with Gasteiger partial charge in [0.2, 0.25) is 0 Å². The zero-order chi connectivity index (χ0) is 12.3. The van der Waals surface area contributed by atoms with Crippen molar-refractivity contribution in [3.05, 3.63) is 39.0 Å². The third-order valence-electron chi connectivity index (χ3n) is 2.04. The van der Waals surface area contributed by atoms with Crippen LogP contribution in [-0.2, 0) is 9.53 Å². The Morgan fingerprint density at radius 3 is 2.56 bits per heavy atom. The molecule has 5 heteroatoms. The van der Waals surface area contributed by atoms with Gasteiger partial charge in [0, 0.05) is 0 Å². The molecular weight excluding hydrogens is 249 g/mol. The van der Waals surface area contributed by atoms with Gasteiger partial charge in [-0.15, -0.1) is 0 Å². The fourth-order valence-corrected chi connectivity index (χ4v) is 1.56. The molecule has 0 bridgehead atoms. The van der Waals surface area contributed by atoms with E-state index in [4.69, 9.17) is 28.9 Å². The summed E-state index contributed by atoms with van der Waals surface area (Å²) in [5, 5.41) is 0.821. The lowest BCUT2D eigenvalue weighted by atomic mass is 10.1. The summed E-state index contributed by atoms with van der Waals surface area (Å²) in [5.41, 5.74) is 6.92. The summed E-state index contributed by atoms with van der Waals surface area (Å²) in [6.45, 7) is 1.84. The second kappa shape index (κ2) is 5.23. The Morgan fingerprint density at radius 1 is 1.38 bits per heavy atom. The van der Waals surface area contributed by atoms with E-state index in [1.807, 2.05) is 6.92 Å². The number of carbonyl (C=O) groups is 1. The fourth-order valence-electron chi connectivity index (χ4n) is 1.12. The van der Waals surface area contributed by atoms with Crippen LogP contribution in [0.25, 0.3) is 6.08 Å². The molecule has 1 aromatic carbocycles. The van der Waals surface area contributed by atoms with E-state index in [-0.39, 0.29) is 5.70 Å². The molecule has 16 heavy (non-hydrogen) atoms. The Hall–Kier alpha value is -1.19. The summed E-state index contributed by atoms with van der Waals surface area (Å²) in [7, 11) is 1.26. The van der Waals surface area contributed by atoms with Gasteiger partial charge in [0.1, 0.15) is 5.70 Å². The summed E-state index contributed by atoms with van der Waals surface area (Å²) < 4.78 is 4.47. The Balaban J connectivity index is 3.16. The number of methoxy groups -OCH3 is 1. The van der Waals surface area contributed by atoms with Gasteiger partial charge in [-0.2, -0.15) is 0 Å². The highest BCUT2D eigenvalue weighted by Crippen LogP contribution is 2.30. The Kier molecular flexibility index (Phi) is 4.21. The second-order valence-electron chi connectivity index (χ2n) is 3.19. The van der Waals surface area contributed by atoms with Crippen LogP contribution in [0.1, 0.15) is 11.1 Å². The third-order valence-corrected chi connectivity index (χ3v) is 3.03. The van der Waals surface area contributed by atoms with Gasteiger partial charge >= 0.3 is 5.97 Å². The number of ether oxygens (including phenoxy) is 1. The largest absolute Gasteiger partial charge is 0.464 e. The number of hydrogen-bond acceptors (Lipinski definition) is 3. The first-order chi connectivity index (χ1) is 7.47. The number of carbonyl (C=O) groups excluding carboxylic acids is 1. The van der Waals surface area contributed by atoms with E-state index < -0.39 is 5.97 Å². The molecule has 0 atom stereocenters. The average molecular weight is 260 g/mol. The fraction of sp³-hybridized carbons (Fsp3) is 0.182. The van der Waals surface area contributed by atoms with Crippen LogP contribution in [0.4, 0.5) is 0 Å². The Bertz CT molecular complexity index is 456. The molecule has 1 aromatic rings. The summed E-state index contributed by atoms with van der Waals surface area (Å²) in [5.74, 6) is -0.604. The molecule has 0 spiro atoms. The van der Waals surface area contributed by atoms with Crippen molar-refractivity contribution in [1.82, 2.24) is 0 Å².